The summed E-state index contributed by atoms with van der Waals surface area (Å²) in [5, 5.41) is 5.51. The Morgan fingerprint density at radius 3 is 2.45 bits per heavy atom. The van der Waals surface area contributed by atoms with E-state index in [2.05, 4.69) is 20.6 Å². The van der Waals surface area contributed by atoms with Gasteiger partial charge in [-0.3, -0.25) is 14.6 Å². The van der Waals surface area contributed by atoms with Gasteiger partial charge in [-0.1, -0.05) is 11.6 Å². The second-order valence-electron chi connectivity index (χ2n) is 4.54. The summed E-state index contributed by atoms with van der Waals surface area (Å²) in [7, 11) is 0. The minimum absolute atomic E-state index is 0.148. The molecule has 2 rings (SSSR count). The van der Waals surface area contributed by atoms with Crippen LogP contribution in [0.25, 0.3) is 0 Å². The van der Waals surface area contributed by atoms with Crippen LogP contribution in [0.5, 0.6) is 0 Å². The van der Waals surface area contributed by atoms with Gasteiger partial charge >= 0.3 is 0 Å². The number of hydrogen-bond donors (Lipinski definition) is 2. The highest BCUT2D eigenvalue weighted by molar-refractivity contribution is 6.32. The number of pyridine rings is 2. The van der Waals surface area contributed by atoms with Crippen molar-refractivity contribution in [1.82, 2.24) is 20.6 Å². The van der Waals surface area contributed by atoms with Gasteiger partial charge in [-0.15, -0.1) is 0 Å². The summed E-state index contributed by atoms with van der Waals surface area (Å²) in [6.07, 6.45) is 3.02. The number of carbonyl (C=O) groups is 2. The molecule has 0 saturated heterocycles. The van der Waals surface area contributed by atoms with Crippen LogP contribution in [0.1, 0.15) is 26.4 Å². The van der Waals surface area contributed by atoms with E-state index in [-0.39, 0.29) is 23.5 Å². The van der Waals surface area contributed by atoms with E-state index in [0.717, 1.165) is 5.69 Å². The summed E-state index contributed by atoms with van der Waals surface area (Å²) in [5.41, 5.74) is 1.63. The SMILES string of the molecule is Cc1ccc(C(=O)NCCNC(=O)c2cccnc2Cl)cn1. The van der Waals surface area contributed by atoms with Crippen molar-refractivity contribution < 1.29 is 9.59 Å². The van der Waals surface area contributed by atoms with Crippen LogP contribution in [0, 0.1) is 6.92 Å². The average molecular weight is 319 g/mol. The Hall–Kier alpha value is -2.47. The molecule has 0 aliphatic carbocycles. The highest BCUT2D eigenvalue weighted by Crippen LogP contribution is 2.10. The van der Waals surface area contributed by atoms with Gasteiger partial charge < -0.3 is 10.6 Å². The molecule has 114 valence electrons. The first kappa shape index (κ1) is 15.9. The average Bonchev–Trinajstić information content (AvgIpc) is 2.52. The van der Waals surface area contributed by atoms with E-state index in [9.17, 15) is 9.59 Å². The van der Waals surface area contributed by atoms with Crippen molar-refractivity contribution in [3.05, 3.63) is 58.6 Å². The van der Waals surface area contributed by atoms with Crippen LogP contribution in [0.3, 0.4) is 0 Å². The van der Waals surface area contributed by atoms with Crippen LogP contribution in [-0.2, 0) is 0 Å². The molecule has 0 fully saturated rings. The van der Waals surface area contributed by atoms with E-state index in [1.807, 2.05) is 6.92 Å². The molecule has 0 spiro atoms. The van der Waals surface area contributed by atoms with Gasteiger partial charge in [0.1, 0.15) is 5.15 Å². The van der Waals surface area contributed by atoms with Crippen molar-refractivity contribution >= 4 is 23.4 Å². The predicted octanol–water partition coefficient (Wildman–Crippen LogP) is 1.60. The number of nitrogens with zero attached hydrogens (tertiary/aromatic N) is 2. The van der Waals surface area contributed by atoms with Crippen molar-refractivity contribution in [2.24, 2.45) is 0 Å². The maximum Gasteiger partial charge on any atom is 0.254 e. The van der Waals surface area contributed by atoms with E-state index in [0.29, 0.717) is 17.7 Å². The van der Waals surface area contributed by atoms with Gasteiger partial charge in [-0.05, 0) is 31.2 Å². The summed E-state index contributed by atoms with van der Waals surface area (Å²) in [5.74, 6) is -0.564. The first-order valence-electron chi connectivity index (χ1n) is 6.67. The third kappa shape index (κ3) is 4.26. The fraction of sp³-hybridized carbons (Fsp3) is 0.200. The van der Waals surface area contributed by atoms with E-state index in [1.54, 1.807) is 24.3 Å². The molecule has 2 heterocycles. The Labute approximate surface area is 132 Å². The van der Waals surface area contributed by atoms with Gasteiger partial charge in [0.15, 0.2) is 0 Å². The summed E-state index contributed by atoms with van der Waals surface area (Å²) < 4.78 is 0. The molecular weight excluding hydrogens is 304 g/mol. The maximum absolute atomic E-state index is 11.9. The number of nitrogens with one attached hydrogen (secondary N) is 2. The second-order valence-corrected chi connectivity index (χ2v) is 4.90. The number of aryl methyl sites for hydroxylation is 1. The first-order valence-corrected chi connectivity index (χ1v) is 7.05. The Morgan fingerprint density at radius 1 is 1.09 bits per heavy atom. The van der Waals surface area contributed by atoms with Crippen molar-refractivity contribution in [3.63, 3.8) is 0 Å². The molecule has 22 heavy (non-hydrogen) atoms. The standard InChI is InChI=1S/C15H15ClN4O2/c1-10-4-5-11(9-20-10)14(21)18-7-8-19-15(22)12-3-2-6-17-13(12)16/h2-6,9H,7-8H2,1H3,(H,18,21)(H,19,22). The lowest BCUT2D eigenvalue weighted by atomic mass is 10.2. The molecule has 7 heteroatoms. The number of carbonyl (C=O) groups excluding carboxylic acids is 2. The van der Waals surface area contributed by atoms with Gasteiger partial charge in [0, 0.05) is 31.2 Å². The number of halogens is 1. The quantitative estimate of drug-likeness (QED) is 0.648. The number of hydrogen-bond acceptors (Lipinski definition) is 4. The molecule has 0 aromatic carbocycles. The molecule has 6 nitrogen and oxygen atoms in total. The monoisotopic (exact) mass is 318 g/mol. The minimum atomic E-state index is -0.329. The number of aromatic nitrogens is 2. The molecule has 2 N–H and O–H groups in total. The molecule has 2 aromatic heterocycles. The highest BCUT2D eigenvalue weighted by atomic mass is 35.5. The Bertz CT molecular complexity index is 673. The maximum atomic E-state index is 11.9. The molecule has 2 amide bonds. The predicted molar refractivity (Wildman–Crippen MR) is 82.9 cm³/mol. The third-order valence-electron chi connectivity index (χ3n) is 2.87. The van der Waals surface area contributed by atoms with Crippen LogP contribution in [-0.4, -0.2) is 34.9 Å². The zero-order valence-electron chi connectivity index (χ0n) is 12.0. The summed E-state index contributed by atoms with van der Waals surface area (Å²) in [6.45, 7) is 2.44. The Balaban J connectivity index is 1.77. The Morgan fingerprint density at radius 2 is 1.82 bits per heavy atom. The van der Waals surface area contributed by atoms with Crippen LogP contribution in [0.2, 0.25) is 5.15 Å². The summed E-state index contributed by atoms with van der Waals surface area (Å²) in [4.78, 5) is 31.6. The van der Waals surface area contributed by atoms with Crippen LogP contribution in [0.4, 0.5) is 0 Å². The summed E-state index contributed by atoms with van der Waals surface area (Å²) >= 11 is 5.83. The molecular formula is C15H15ClN4O2. The van der Waals surface area contributed by atoms with Crippen LogP contribution >= 0.6 is 11.6 Å². The van der Waals surface area contributed by atoms with Crippen molar-refractivity contribution in [3.8, 4) is 0 Å². The summed E-state index contributed by atoms with van der Waals surface area (Å²) in [6, 6.07) is 6.68. The number of rotatable bonds is 5. The van der Waals surface area contributed by atoms with Gasteiger partial charge in [0.05, 0.1) is 11.1 Å². The van der Waals surface area contributed by atoms with Crippen molar-refractivity contribution in [2.75, 3.05) is 13.1 Å². The first-order chi connectivity index (χ1) is 10.6. The van der Waals surface area contributed by atoms with E-state index >= 15 is 0 Å². The lowest BCUT2D eigenvalue weighted by Gasteiger charge is -2.07. The van der Waals surface area contributed by atoms with Gasteiger partial charge in [-0.25, -0.2) is 4.98 Å². The second kappa shape index (κ2) is 7.51. The molecule has 0 radical (unpaired) electrons. The van der Waals surface area contributed by atoms with Crippen molar-refractivity contribution in [2.45, 2.75) is 6.92 Å². The largest absolute Gasteiger partial charge is 0.350 e. The molecule has 0 aliphatic rings. The van der Waals surface area contributed by atoms with Crippen LogP contribution in [0.15, 0.2) is 36.7 Å². The van der Waals surface area contributed by atoms with Gasteiger partial charge in [-0.2, -0.15) is 0 Å². The lowest BCUT2D eigenvalue weighted by molar-refractivity contribution is 0.0927. The smallest absolute Gasteiger partial charge is 0.254 e. The lowest BCUT2D eigenvalue weighted by Crippen LogP contribution is -2.34. The van der Waals surface area contributed by atoms with E-state index < -0.39 is 0 Å². The molecule has 0 bridgehead atoms. The fourth-order valence-electron chi connectivity index (χ4n) is 1.71. The van der Waals surface area contributed by atoms with E-state index in [4.69, 9.17) is 11.6 Å². The topological polar surface area (TPSA) is 84.0 Å². The van der Waals surface area contributed by atoms with Crippen LogP contribution < -0.4 is 10.6 Å². The zero-order valence-corrected chi connectivity index (χ0v) is 12.7. The zero-order chi connectivity index (χ0) is 15.9. The number of amides is 2. The molecule has 0 unspecified atom stereocenters. The fourth-order valence-corrected chi connectivity index (χ4v) is 1.91. The van der Waals surface area contributed by atoms with E-state index in [1.165, 1.54) is 12.4 Å². The minimum Gasteiger partial charge on any atom is -0.350 e. The van der Waals surface area contributed by atoms with Crippen molar-refractivity contribution in [1.29, 1.82) is 0 Å². The van der Waals surface area contributed by atoms with Gasteiger partial charge in [0.2, 0.25) is 0 Å². The molecule has 0 atom stereocenters. The van der Waals surface area contributed by atoms with Gasteiger partial charge in [0.25, 0.3) is 11.8 Å². The molecule has 0 aliphatic heterocycles. The highest BCUT2D eigenvalue weighted by Gasteiger charge is 2.10. The molecule has 2 aromatic rings. The molecule has 0 saturated carbocycles. The Kier molecular flexibility index (Phi) is 5.43. The normalized spacial score (nSPS) is 10.1. The third-order valence-corrected chi connectivity index (χ3v) is 3.17.